The van der Waals surface area contributed by atoms with Gasteiger partial charge in [0.1, 0.15) is 19.3 Å². The molecule has 0 amide bonds. The van der Waals surface area contributed by atoms with Crippen LogP contribution in [0.25, 0.3) is 0 Å². The van der Waals surface area contributed by atoms with Gasteiger partial charge >= 0.3 is 39.5 Å². The lowest BCUT2D eigenvalue weighted by atomic mass is 10.0. The summed E-state index contributed by atoms with van der Waals surface area (Å²) in [5.41, 5.74) is 0. The summed E-state index contributed by atoms with van der Waals surface area (Å²) >= 11 is 0. The minimum absolute atomic E-state index is 0.105. The van der Waals surface area contributed by atoms with Crippen LogP contribution < -0.4 is 0 Å². The van der Waals surface area contributed by atoms with Crippen molar-refractivity contribution >= 4 is 39.5 Å². The molecule has 498 valence electrons. The van der Waals surface area contributed by atoms with Gasteiger partial charge in [-0.3, -0.25) is 37.3 Å². The molecule has 0 aromatic carbocycles. The Morgan fingerprint density at radius 1 is 0.286 bits per heavy atom. The number of aliphatic hydroxyl groups excluding tert-OH is 1. The quantitative estimate of drug-likeness (QED) is 0.0222. The van der Waals surface area contributed by atoms with Crippen LogP contribution >= 0.6 is 15.6 Å². The molecule has 0 aromatic heterocycles. The third-order valence-corrected chi connectivity index (χ3v) is 17.0. The van der Waals surface area contributed by atoms with Crippen LogP contribution in [0, 0.1) is 0 Å². The van der Waals surface area contributed by atoms with Gasteiger partial charge < -0.3 is 33.8 Å². The number of carbonyl (C=O) groups is 4. The molecule has 2 unspecified atom stereocenters. The van der Waals surface area contributed by atoms with E-state index in [4.69, 9.17) is 37.0 Å². The highest BCUT2D eigenvalue weighted by molar-refractivity contribution is 7.47. The van der Waals surface area contributed by atoms with E-state index in [1.54, 1.807) is 0 Å². The Balaban J connectivity index is 5.12. The number of esters is 4. The lowest BCUT2D eigenvalue weighted by Gasteiger charge is -2.21. The molecule has 17 nitrogen and oxygen atoms in total. The Morgan fingerprint density at radius 2 is 0.476 bits per heavy atom. The summed E-state index contributed by atoms with van der Waals surface area (Å²) in [6.07, 6.45) is 46.0. The van der Waals surface area contributed by atoms with Crippen LogP contribution in [-0.4, -0.2) is 96.7 Å². The summed E-state index contributed by atoms with van der Waals surface area (Å²) < 4.78 is 67.9. The van der Waals surface area contributed by atoms with E-state index in [1.165, 1.54) is 154 Å². The Morgan fingerprint density at radius 3 is 0.702 bits per heavy atom. The number of phosphoric ester groups is 2. The van der Waals surface area contributed by atoms with Crippen LogP contribution in [-0.2, 0) is 65.4 Å². The van der Waals surface area contributed by atoms with Crippen molar-refractivity contribution in [1.29, 1.82) is 0 Å². The number of rotatable bonds is 66. The highest BCUT2D eigenvalue weighted by Gasteiger charge is 2.30. The van der Waals surface area contributed by atoms with Gasteiger partial charge in [0.05, 0.1) is 26.4 Å². The summed E-state index contributed by atoms with van der Waals surface area (Å²) in [5.74, 6) is -2.14. The molecule has 0 aliphatic heterocycles. The summed E-state index contributed by atoms with van der Waals surface area (Å²) in [6.45, 7) is 4.83. The summed E-state index contributed by atoms with van der Waals surface area (Å²) in [6, 6.07) is 0. The number of hydrogen-bond donors (Lipinski definition) is 3. The van der Waals surface area contributed by atoms with Gasteiger partial charge in [-0.05, 0) is 25.7 Å². The molecule has 0 fully saturated rings. The Bertz CT molecular complexity index is 1620. The number of unbranched alkanes of at least 4 members (excludes halogenated alkanes) is 40. The first-order chi connectivity index (χ1) is 40.7. The maximum Gasteiger partial charge on any atom is 0.472 e. The SMILES string of the molecule is CCCCCCCCCCCCCCCCCCCCCC(=O)O[C@H](COC(=O)CCCCCCCCCCC)COP(=O)(O)OC[C@@H](O)COP(=O)(O)OC[C@@H](COC(=O)CCCCCCCCCC)OC(=O)CCCCCCCCCC. The van der Waals surface area contributed by atoms with Gasteiger partial charge in [-0.1, -0.05) is 285 Å². The lowest BCUT2D eigenvalue weighted by molar-refractivity contribution is -0.161. The monoisotopic (exact) mass is 1240 g/mol. The van der Waals surface area contributed by atoms with E-state index < -0.39 is 97.5 Å². The van der Waals surface area contributed by atoms with Gasteiger partial charge in [-0.2, -0.15) is 0 Å². The zero-order chi connectivity index (χ0) is 61.9. The van der Waals surface area contributed by atoms with E-state index in [1.807, 2.05) is 0 Å². The molecule has 0 saturated carbocycles. The number of hydrogen-bond acceptors (Lipinski definition) is 15. The molecule has 0 aliphatic rings. The maximum atomic E-state index is 13.0. The summed E-state index contributed by atoms with van der Waals surface area (Å²) in [7, 11) is -9.88. The van der Waals surface area contributed by atoms with Crippen molar-refractivity contribution in [2.24, 2.45) is 0 Å². The summed E-state index contributed by atoms with van der Waals surface area (Å²) in [4.78, 5) is 72.0. The van der Waals surface area contributed by atoms with Crippen LogP contribution in [0.2, 0.25) is 0 Å². The highest BCUT2D eigenvalue weighted by atomic mass is 31.2. The number of ether oxygens (including phenoxy) is 4. The molecule has 0 spiro atoms. The van der Waals surface area contributed by atoms with Crippen molar-refractivity contribution in [2.45, 2.75) is 354 Å². The standard InChI is InChI=1S/C65H126O17P2/c1-5-9-13-17-21-25-26-27-28-29-30-31-32-33-34-36-40-44-48-52-65(70)82-61(56-76-63(68)50-46-42-39-35-22-18-14-10-6-2)58-80-84(73,74)78-54-59(66)53-77-83(71,72)79-57-60(81-64(69)51-47-43-38-24-20-16-12-8-4)55-75-62(67)49-45-41-37-23-19-15-11-7-3/h59-61,66H,5-58H2,1-4H3,(H,71,72)(H,73,74)/t59-,60+,61+/m0/s1. The molecule has 0 saturated heterocycles. The molecule has 84 heavy (non-hydrogen) atoms. The van der Waals surface area contributed by atoms with Gasteiger partial charge in [-0.15, -0.1) is 0 Å². The van der Waals surface area contributed by atoms with Crippen molar-refractivity contribution in [3.63, 3.8) is 0 Å². The van der Waals surface area contributed by atoms with Gasteiger partial charge in [0.2, 0.25) is 0 Å². The van der Waals surface area contributed by atoms with E-state index >= 15 is 0 Å². The van der Waals surface area contributed by atoms with Crippen molar-refractivity contribution in [3.05, 3.63) is 0 Å². The van der Waals surface area contributed by atoms with Crippen molar-refractivity contribution in [3.8, 4) is 0 Å². The van der Waals surface area contributed by atoms with E-state index in [9.17, 15) is 43.2 Å². The minimum atomic E-state index is -4.94. The second-order valence-corrected chi connectivity index (χ2v) is 26.4. The van der Waals surface area contributed by atoms with Gasteiger partial charge in [0.25, 0.3) is 0 Å². The fourth-order valence-corrected chi connectivity index (χ4v) is 11.4. The first-order valence-electron chi connectivity index (χ1n) is 34.3. The average molecular weight is 1240 g/mol. The Labute approximate surface area is 511 Å². The third-order valence-electron chi connectivity index (χ3n) is 15.1. The first kappa shape index (κ1) is 82.1. The fourth-order valence-electron chi connectivity index (χ4n) is 9.81. The number of aliphatic hydroxyl groups is 1. The average Bonchev–Trinajstić information content (AvgIpc) is 3.59. The Kier molecular flexibility index (Phi) is 58.6. The Hall–Kier alpha value is -1.94. The molecule has 0 aliphatic carbocycles. The third kappa shape index (κ3) is 59.0. The van der Waals surface area contributed by atoms with E-state index in [-0.39, 0.29) is 25.7 Å². The van der Waals surface area contributed by atoms with Crippen molar-refractivity contribution in [2.75, 3.05) is 39.6 Å². The predicted octanol–water partition coefficient (Wildman–Crippen LogP) is 18.3. The van der Waals surface area contributed by atoms with Crippen LogP contribution in [0.15, 0.2) is 0 Å². The maximum absolute atomic E-state index is 13.0. The minimum Gasteiger partial charge on any atom is -0.462 e. The molecule has 3 N–H and O–H groups in total. The molecular weight excluding hydrogens is 1110 g/mol. The zero-order valence-electron chi connectivity index (χ0n) is 53.9. The van der Waals surface area contributed by atoms with Crippen LogP contribution in [0.1, 0.15) is 336 Å². The van der Waals surface area contributed by atoms with Crippen LogP contribution in [0.5, 0.6) is 0 Å². The van der Waals surface area contributed by atoms with Gasteiger partial charge in [-0.25, -0.2) is 9.13 Å². The molecule has 5 atom stereocenters. The first-order valence-corrected chi connectivity index (χ1v) is 37.3. The lowest BCUT2D eigenvalue weighted by Crippen LogP contribution is -2.30. The van der Waals surface area contributed by atoms with E-state index in [2.05, 4.69) is 27.7 Å². The molecule has 0 aromatic rings. The molecule has 19 heteroatoms. The normalized spacial score (nSPS) is 14.1. The van der Waals surface area contributed by atoms with E-state index in [0.29, 0.717) is 25.7 Å². The predicted molar refractivity (Wildman–Crippen MR) is 335 cm³/mol. The largest absolute Gasteiger partial charge is 0.472 e. The number of carbonyl (C=O) groups excluding carboxylic acids is 4. The smallest absolute Gasteiger partial charge is 0.462 e. The van der Waals surface area contributed by atoms with Gasteiger partial charge in [0, 0.05) is 25.7 Å². The van der Waals surface area contributed by atoms with Gasteiger partial charge in [0.15, 0.2) is 12.2 Å². The highest BCUT2D eigenvalue weighted by Crippen LogP contribution is 2.45. The molecule has 0 bridgehead atoms. The van der Waals surface area contributed by atoms with Crippen LogP contribution in [0.3, 0.4) is 0 Å². The molecular formula is C65H126O17P2. The molecule has 0 radical (unpaired) electrons. The van der Waals surface area contributed by atoms with E-state index in [0.717, 1.165) is 103 Å². The number of phosphoric acid groups is 2. The fraction of sp³-hybridized carbons (Fsp3) is 0.938. The zero-order valence-corrected chi connectivity index (χ0v) is 55.7. The van der Waals surface area contributed by atoms with Crippen molar-refractivity contribution in [1.82, 2.24) is 0 Å². The van der Waals surface area contributed by atoms with Crippen LogP contribution in [0.4, 0.5) is 0 Å². The summed E-state index contributed by atoms with van der Waals surface area (Å²) in [5, 5.41) is 10.5. The second kappa shape index (κ2) is 60.0. The van der Waals surface area contributed by atoms with Crippen molar-refractivity contribution < 1.29 is 80.2 Å². The molecule has 0 rings (SSSR count). The topological polar surface area (TPSA) is 237 Å². The molecule has 0 heterocycles. The second-order valence-electron chi connectivity index (χ2n) is 23.5.